The molecule has 1 rings (SSSR count). The second-order valence-electron chi connectivity index (χ2n) is 3.37. The van der Waals surface area contributed by atoms with Crippen LogP contribution in [0.1, 0.15) is 0 Å². The lowest BCUT2D eigenvalue weighted by molar-refractivity contribution is -0.274. The first kappa shape index (κ1) is 14.6. The van der Waals surface area contributed by atoms with Gasteiger partial charge in [-0.1, -0.05) is 0 Å². The predicted molar refractivity (Wildman–Crippen MR) is 59.6 cm³/mol. The molecule has 9 heteroatoms. The third-order valence-corrected chi connectivity index (χ3v) is 2.58. The van der Waals surface area contributed by atoms with Gasteiger partial charge in [-0.3, -0.25) is 0 Å². The van der Waals surface area contributed by atoms with E-state index >= 15 is 0 Å². The number of ether oxygens (including phenoxy) is 1. The van der Waals surface area contributed by atoms with Crippen molar-refractivity contribution in [2.75, 3.05) is 17.6 Å². The zero-order valence-corrected chi connectivity index (χ0v) is 9.88. The summed E-state index contributed by atoms with van der Waals surface area (Å²) in [5, 5.41) is 7.48. The molecular weight excluding hydrogens is 273 g/mol. The minimum Gasteiger partial charge on any atom is -0.406 e. The van der Waals surface area contributed by atoms with Crippen LogP contribution >= 0.6 is 0 Å². The van der Waals surface area contributed by atoms with Crippen molar-refractivity contribution in [2.24, 2.45) is 5.14 Å². The normalized spacial score (nSPS) is 12.2. The molecule has 102 valence electrons. The summed E-state index contributed by atoms with van der Waals surface area (Å²) in [6.07, 6.45) is -4.73. The van der Waals surface area contributed by atoms with Gasteiger partial charge in [0.1, 0.15) is 5.75 Å². The Labute approximate surface area is 102 Å². The van der Waals surface area contributed by atoms with Crippen LogP contribution in [0.25, 0.3) is 0 Å². The van der Waals surface area contributed by atoms with Gasteiger partial charge in [-0.25, -0.2) is 13.6 Å². The molecular formula is C9H11F3N2O3S. The van der Waals surface area contributed by atoms with E-state index in [2.05, 4.69) is 10.1 Å². The fourth-order valence-electron chi connectivity index (χ4n) is 1.11. The molecule has 0 spiro atoms. The Morgan fingerprint density at radius 2 is 1.78 bits per heavy atom. The monoisotopic (exact) mass is 284 g/mol. The van der Waals surface area contributed by atoms with Crippen LogP contribution in [0.15, 0.2) is 24.3 Å². The van der Waals surface area contributed by atoms with Crippen molar-refractivity contribution in [1.29, 1.82) is 0 Å². The predicted octanol–water partition coefficient (Wildman–Crippen LogP) is 1.29. The highest BCUT2D eigenvalue weighted by atomic mass is 32.2. The number of alkyl halides is 3. The number of nitrogens with two attached hydrogens (primary N) is 1. The molecule has 5 nitrogen and oxygen atoms in total. The van der Waals surface area contributed by atoms with Crippen LogP contribution in [0, 0.1) is 0 Å². The van der Waals surface area contributed by atoms with Gasteiger partial charge in [0, 0.05) is 12.2 Å². The molecule has 18 heavy (non-hydrogen) atoms. The number of primary sulfonamides is 1. The molecule has 0 aromatic heterocycles. The minimum absolute atomic E-state index is 0.0678. The van der Waals surface area contributed by atoms with Crippen molar-refractivity contribution in [1.82, 2.24) is 0 Å². The van der Waals surface area contributed by atoms with E-state index in [-0.39, 0.29) is 18.0 Å². The Bertz CT molecular complexity index is 485. The lowest BCUT2D eigenvalue weighted by atomic mass is 10.3. The molecule has 1 aromatic carbocycles. The van der Waals surface area contributed by atoms with Gasteiger partial charge in [0.2, 0.25) is 10.0 Å². The maximum absolute atomic E-state index is 11.9. The van der Waals surface area contributed by atoms with Crippen LogP contribution < -0.4 is 15.2 Å². The van der Waals surface area contributed by atoms with Crippen molar-refractivity contribution in [3.8, 4) is 5.75 Å². The van der Waals surface area contributed by atoms with Crippen LogP contribution in [0.3, 0.4) is 0 Å². The molecule has 0 radical (unpaired) electrons. The van der Waals surface area contributed by atoms with Crippen LogP contribution in [0.2, 0.25) is 0 Å². The summed E-state index contributed by atoms with van der Waals surface area (Å²) in [7, 11) is -3.56. The SMILES string of the molecule is NS(=O)(=O)CCNc1ccc(OC(F)(F)F)cc1. The Morgan fingerprint density at radius 3 is 2.22 bits per heavy atom. The van der Waals surface area contributed by atoms with Crippen molar-refractivity contribution in [3.63, 3.8) is 0 Å². The first-order chi connectivity index (χ1) is 8.16. The molecule has 0 bridgehead atoms. The van der Waals surface area contributed by atoms with Crippen LogP contribution in [0.5, 0.6) is 5.75 Å². The van der Waals surface area contributed by atoms with E-state index in [1.165, 1.54) is 12.1 Å². The largest absolute Gasteiger partial charge is 0.573 e. The number of anilines is 1. The summed E-state index contributed by atoms with van der Waals surface area (Å²) in [6, 6.07) is 4.91. The molecule has 0 aliphatic heterocycles. The summed E-state index contributed by atoms with van der Waals surface area (Å²) in [6.45, 7) is 0.0678. The zero-order chi connectivity index (χ0) is 13.8. The molecule has 0 atom stereocenters. The number of hydrogen-bond acceptors (Lipinski definition) is 4. The average molecular weight is 284 g/mol. The molecule has 0 fully saturated rings. The van der Waals surface area contributed by atoms with Gasteiger partial charge < -0.3 is 10.1 Å². The van der Waals surface area contributed by atoms with Gasteiger partial charge in [-0.2, -0.15) is 0 Å². The van der Waals surface area contributed by atoms with E-state index in [9.17, 15) is 21.6 Å². The van der Waals surface area contributed by atoms with E-state index in [1.807, 2.05) is 0 Å². The summed E-state index contributed by atoms with van der Waals surface area (Å²) >= 11 is 0. The summed E-state index contributed by atoms with van der Waals surface area (Å²) in [5.41, 5.74) is 0.466. The van der Waals surface area contributed by atoms with Gasteiger partial charge in [0.15, 0.2) is 0 Å². The van der Waals surface area contributed by atoms with E-state index in [0.717, 1.165) is 12.1 Å². The fraction of sp³-hybridized carbons (Fsp3) is 0.333. The molecule has 3 N–H and O–H groups in total. The lowest BCUT2D eigenvalue weighted by Gasteiger charge is -2.10. The van der Waals surface area contributed by atoms with Crippen LogP contribution in [-0.2, 0) is 10.0 Å². The number of nitrogens with one attached hydrogen (secondary N) is 1. The minimum atomic E-state index is -4.73. The highest BCUT2D eigenvalue weighted by Crippen LogP contribution is 2.23. The third-order valence-electron chi connectivity index (χ3n) is 1.80. The molecule has 0 unspecified atom stereocenters. The lowest BCUT2D eigenvalue weighted by Crippen LogP contribution is -2.22. The van der Waals surface area contributed by atoms with Gasteiger partial charge in [-0.05, 0) is 24.3 Å². The molecule has 0 heterocycles. The highest BCUT2D eigenvalue weighted by molar-refractivity contribution is 7.89. The first-order valence-electron chi connectivity index (χ1n) is 4.76. The number of rotatable bonds is 5. The molecule has 0 aliphatic rings. The molecule has 0 saturated carbocycles. The fourth-order valence-corrected chi connectivity index (χ4v) is 1.50. The average Bonchev–Trinajstić information content (AvgIpc) is 2.16. The van der Waals surface area contributed by atoms with Crippen molar-refractivity contribution >= 4 is 15.7 Å². The third kappa shape index (κ3) is 6.30. The molecule has 0 aliphatic carbocycles. The van der Waals surface area contributed by atoms with E-state index in [4.69, 9.17) is 5.14 Å². The maximum atomic E-state index is 11.9. The topological polar surface area (TPSA) is 81.4 Å². The van der Waals surface area contributed by atoms with Gasteiger partial charge in [0.25, 0.3) is 0 Å². The van der Waals surface area contributed by atoms with Gasteiger partial charge >= 0.3 is 6.36 Å². The quantitative estimate of drug-likeness (QED) is 0.853. The summed E-state index contributed by atoms with van der Waals surface area (Å²) in [4.78, 5) is 0. The second-order valence-corrected chi connectivity index (χ2v) is 5.10. The van der Waals surface area contributed by atoms with E-state index in [0.29, 0.717) is 5.69 Å². The molecule has 0 saturated heterocycles. The van der Waals surface area contributed by atoms with Gasteiger partial charge in [0.05, 0.1) is 5.75 Å². The summed E-state index contributed by atoms with van der Waals surface area (Å²) < 4.78 is 60.5. The van der Waals surface area contributed by atoms with Crippen LogP contribution in [-0.4, -0.2) is 27.1 Å². The second kappa shape index (κ2) is 5.44. The Hall–Kier alpha value is -1.48. The van der Waals surface area contributed by atoms with Gasteiger partial charge in [-0.15, -0.1) is 13.2 Å². The van der Waals surface area contributed by atoms with E-state index < -0.39 is 16.4 Å². The number of hydrogen-bond donors (Lipinski definition) is 2. The highest BCUT2D eigenvalue weighted by Gasteiger charge is 2.30. The van der Waals surface area contributed by atoms with E-state index in [1.54, 1.807) is 0 Å². The Balaban J connectivity index is 2.51. The van der Waals surface area contributed by atoms with Crippen LogP contribution in [0.4, 0.5) is 18.9 Å². The number of benzene rings is 1. The van der Waals surface area contributed by atoms with Crippen molar-refractivity contribution in [3.05, 3.63) is 24.3 Å². The number of halogens is 3. The number of sulfonamides is 1. The smallest absolute Gasteiger partial charge is 0.406 e. The standard InChI is InChI=1S/C9H11F3N2O3S/c10-9(11,12)17-8-3-1-7(2-4-8)14-5-6-18(13,15)16/h1-4,14H,5-6H2,(H2,13,15,16). The first-order valence-corrected chi connectivity index (χ1v) is 6.47. The Kier molecular flexibility index (Phi) is 4.41. The maximum Gasteiger partial charge on any atom is 0.573 e. The Morgan fingerprint density at radius 1 is 1.22 bits per heavy atom. The summed E-state index contributed by atoms with van der Waals surface area (Å²) in [5.74, 6) is -0.618. The zero-order valence-electron chi connectivity index (χ0n) is 9.07. The van der Waals surface area contributed by atoms with Crippen molar-refractivity contribution in [2.45, 2.75) is 6.36 Å². The molecule has 1 aromatic rings. The molecule has 0 amide bonds. The van der Waals surface area contributed by atoms with Crippen molar-refractivity contribution < 1.29 is 26.3 Å².